The van der Waals surface area contributed by atoms with Crippen molar-refractivity contribution in [3.8, 4) is 0 Å². The quantitative estimate of drug-likeness (QED) is 0.806. The summed E-state index contributed by atoms with van der Waals surface area (Å²) in [6, 6.07) is 3.48. The van der Waals surface area contributed by atoms with Crippen molar-refractivity contribution in [2.45, 2.75) is 38.9 Å². The van der Waals surface area contributed by atoms with Crippen molar-refractivity contribution in [3.05, 3.63) is 29.3 Å². The fourth-order valence-corrected chi connectivity index (χ4v) is 2.78. The van der Waals surface area contributed by atoms with Crippen molar-refractivity contribution in [1.29, 1.82) is 0 Å². The number of nitrogens with zero attached hydrogens (tertiary/aromatic N) is 1. The molecule has 6 heteroatoms. The number of hydrogen-bond donors (Lipinski definition) is 1. The lowest BCUT2D eigenvalue weighted by atomic mass is 9.91. The van der Waals surface area contributed by atoms with E-state index < -0.39 is 23.3 Å². The number of halogens is 3. The average Bonchev–Trinajstić information content (AvgIpc) is 2.40. The number of anilines is 1. The van der Waals surface area contributed by atoms with Gasteiger partial charge in [0, 0.05) is 12.6 Å². The maximum Gasteiger partial charge on any atom is 0.418 e. The lowest BCUT2D eigenvalue weighted by Gasteiger charge is -2.38. The van der Waals surface area contributed by atoms with Crippen LogP contribution < -0.4 is 5.73 Å². The Morgan fingerprint density at radius 3 is 2.62 bits per heavy atom. The molecule has 0 bridgehead atoms. The number of amides is 1. The van der Waals surface area contributed by atoms with Crippen LogP contribution in [-0.2, 0) is 6.18 Å². The van der Waals surface area contributed by atoms with Gasteiger partial charge in [0.1, 0.15) is 0 Å². The third-order valence-electron chi connectivity index (χ3n) is 4.28. The highest BCUT2D eigenvalue weighted by molar-refractivity contribution is 6.00. The van der Waals surface area contributed by atoms with E-state index in [1.807, 2.05) is 13.8 Å². The fraction of sp³-hybridized carbons (Fsp3) is 0.533. The van der Waals surface area contributed by atoms with E-state index >= 15 is 0 Å². The largest absolute Gasteiger partial charge is 0.418 e. The molecule has 0 spiro atoms. The molecule has 2 atom stereocenters. The minimum absolute atomic E-state index is 0.000179. The number of hydrogen-bond acceptors (Lipinski definition) is 2. The summed E-state index contributed by atoms with van der Waals surface area (Å²) in [5.41, 5.74) is 4.09. The molecule has 0 radical (unpaired) electrons. The van der Waals surface area contributed by atoms with Crippen molar-refractivity contribution in [2.24, 2.45) is 5.92 Å². The first kappa shape index (κ1) is 15.7. The summed E-state index contributed by atoms with van der Waals surface area (Å²) in [7, 11) is 0. The van der Waals surface area contributed by atoms with E-state index in [-0.39, 0.29) is 11.6 Å². The molecule has 1 fully saturated rings. The monoisotopic (exact) mass is 300 g/mol. The normalized spacial score (nSPS) is 23.2. The van der Waals surface area contributed by atoms with Crippen LogP contribution in [0.1, 0.15) is 42.6 Å². The Kier molecular flexibility index (Phi) is 4.16. The van der Waals surface area contributed by atoms with Gasteiger partial charge in [-0.05, 0) is 37.8 Å². The van der Waals surface area contributed by atoms with Gasteiger partial charge in [0.2, 0.25) is 0 Å². The van der Waals surface area contributed by atoms with Gasteiger partial charge in [-0.2, -0.15) is 13.2 Å². The standard InChI is InChI=1S/C15H19F3N2O/c1-9-5-4-8-20(10(9)2)14(21)11-6-3-7-12(13(11)19)15(16,17)18/h3,6-7,9-10H,4-5,8,19H2,1-2H3. The van der Waals surface area contributed by atoms with Crippen LogP contribution >= 0.6 is 0 Å². The van der Waals surface area contributed by atoms with Gasteiger partial charge in [0.05, 0.1) is 16.8 Å². The number of carbonyl (C=O) groups excluding carboxylic acids is 1. The Hall–Kier alpha value is -1.72. The molecule has 1 saturated heterocycles. The van der Waals surface area contributed by atoms with Gasteiger partial charge >= 0.3 is 6.18 Å². The van der Waals surface area contributed by atoms with Crippen molar-refractivity contribution in [2.75, 3.05) is 12.3 Å². The first-order valence-corrected chi connectivity index (χ1v) is 7.00. The molecule has 1 aliphatic rings. The second-order valence-electron chi connectivity index (χ2n) is 5.62. The van der Waals surface area contributed by atoms with Crippen molar-refractivity contribution < 1.29 is 18.0 Å². The topological polar surface area (TPSA) is 46.3 Å². The molecule has 0 saturated carbocycles. The zero-order valence-electron chi connectivity index (χ0n) is 12.1. The first-order chi connectivity index (χ1) is 9.73. The van der Waals surface area contributed by atoms with Crippen LogP contribution in [-0.4, -0.2) is 23.4 Å². The van der Waals surface area contributed by atoms with E-state index in [4.69, 9.17) is 5.73 Å². The van der Waals surface area contributed by atoms with E-state index in [0.717, 1.165) is 18.9 Å². The summed E-state index contributed by atoms with van der Waals surface area (Å²) in [5, 5.41) is 0. The Balaban J connectivity index is 2.36. The summed E-state index contributed by atoms with van der Waals surface area (Å²) in [6.45, 7) is 4.52. The maximum absolute atomic E-state index is 12.9. The van der Waals surface area contributed by atoms with E-state index in [0.29, 0.717) is 12.5 Å². The third kappa shape index (κ3) is 2.99. The Morgan fingerprint density at radius 1 is 1.33 bits per heavy atom. The van der Waals surface area contributed by atoms with Gasteiger partial charge in [0.25, 0.3) is 5.91 Å². The fourth-order valence-electron chi connectivity index (χ4n) is 2.78. The molecular weight excluding hydrogens is 281 g/mol. The maximum atomic E-state index is 12.9. The van der Waals surface area contributed by atoms with Crippen LogP contribution in [0, 0.1) is 5.92 Å². The van der Waals surface area contributed by atoms with Gasteiger partial charge in [0.15, 0.2) is 0 Å². The second kappa shape index (κ2) is 5.58. The van der Waals surface area contributed by atoms with Gasteiger partial charge in [-0.25, -0.2) is 0 Å². The molecule has 2 N–H and O–H groups in total. The third-order valence-corrected chi connectivity index (χ3v) is 4.28. The molecule has 1 amide bonds. The number of nitrogens with two attached hydrogens (primary N) is 1. The highest BCUT2D eigenvalue weighted by Gasteiger charge is 2.36. The number of nitrogen functional groups attached to an aromatic ring is 1. The van der Waals surface area contributed by atoms with Gasteiger partial charge < -0.3 is 10.6 Å². The minimum Gasteiger partial charge on any atom is -0.398 e. The Morgan fingerprint density at radius 2 is 2.00 bits per heavy atom. The molecule has 1 heterocycles. The highest BCUT2D eigenvalue weighted by Crippen LogP contribution is 2.36. The summed E-state index contributed by atoms with van der Waals surface area (Å²) >= 11 is 0. The number of rotatable bonds is 1. The SMILES string of the molecule is CC1CCCN(C(=O)c2cccc(C(F)(F)F)c2N)C1C. The molecule has 0 aliphatic carbocycles. The average molecular weight is 300 g/mol. The molecule has 116 valence electrons. The lowest BCUT2D eigenvalue weighted by molar-refractivity contribution is -0.136. The van der Waals surface area contributed by atoms with Crippen molar-refractivity contribution >= 4 is 11.6 Å². The van der Waals surface area contributed by atoms with Crippen molar-refractivity contribution in [3.63, 3.8) is 0 Å². The number of benzene rings is 1. The zero-order valence-corrected chi connectivity index (χ0v) is 12.1. The van der Waals surface area contributed by atoms with Crippen LogP contribution in [0.2, 0.25) is 0 Å². The predicted molar refractivity (Wildman–Crippen MR) is 74.8 cm³/mol. The number of likely N-dealkylation sites (tertiary alicyclic amines) is 1. The predicted octanol–water partition coefficient (Wildman–Crippen LogP) is 3.55. The smallest absolute Gasteiger partial charge is 0.398 e. The van der Waals surface area contributed by atoms with E-state index in [1.165, 1.54) is 12.1 Å². The molecule has 2 unspecified atom stereocenters. The Labute approximate surface area is 121 Å². The van der Waals surface area contributed by atoms with E-state index in [9.17, 15) is 18.0 Å². The van der Waals surface area contributed by atoms with Gasteiger partial charge in [-0.3, -0.25) is 4.79 Å². The second-order valence-corrected chi connectivity index (χ2v) is 5.62. The number of carbonyl (C=O) groups is 1. The van der Waals surface area contributed by atoms with E-state index in [1.54, 1.807) is 4.90 Å². The van der Waals surface area contributed by atoms with Gasteiger partial charge in [-0.1, -0.05) is 13.0 Å². The Bertz CT molecular complexity index is 542. The van der Waals surface area contributed by atoms with Crippen LogP contribution in [0.25, 0.3) is 0 Å². The summed E-state index contributed by atoms with van der Waals surface area (Å²) in [6.07, 6.45) is -2.68. The molecule has 2 rings (SSSR count). The molecule has 1 aromatic carbocycles. The number of piperidine rings is 1. The van der Waals surface area contributed by atoms with E-state index in [2.05, 4.69) is 0 Å². The highest BCUT2D eigenvalue weighted by atomic mass is 19.4. The summed E-state index contributed by atoms with van der Waals surface area (Å²) in [5.74, 6) is -0.0904. The molecule has 1 aliphatic heterocycles. The molecule has 21 heavy (non-hydrogen) atoms. The summed E-state index contributed by atoms with van der Waals surface area (Å²) in [4.78, 5) is 14.2. The zero-order chi connectivity index (χ0) is 15.8. The molecular formula is C15H19F3N2O. The van der Waals surface area contributed by atoms with Crippen LogP contribution in [0.3, 0.4) is 0 Å². The number of para-hydroxylation sites is 1. The first-order valence-electron chi connectivity index (χ1n) is 7.00. The van der Waals surface area contributed by atoms with Crippen molar-refractivity contribution in [1.82, 2.24) is 4.90 Å². The van der Waals surface area contributed by atoms with Crippen LogP contribution in [0.5, 0.6) is 0 Å². The van der Waals surface area contributed by atoms with Crippen LogP contribution in [0.4, 0.5) is 18.9 Å². The minimum atomic E-state index is -4.55. The summed E-state index contributed by atoms with van der Waals surface area (Å²) < 4.78 is 38.6. The molecule has 3 nitrogen and oxygen atoms in total. The van der Waals surface area contributed by atoms with Crippen LogP contribution in [0.15, 0.2) is 18.2 Å². The molecule has 1 aromatic rings. The molecule has 0 aromatic heterocycles. The lowest BCUT2D eigenvalue weighted by Crippen LogP contribution is -2.46. The van der Waals surface area contributed by atoms with Gasteiger partial charge in [-0.15, -0.1) is 0 Å². The number of alkyl halides is 3.